The van der Waals surface area contributed by atoms with E-state index in [0.717, 1.165) is 5.75 Å². The predicted molar refractivity (Wildman–Crippen MR) is 81.9 cm³/mol. The summed E-state index contributed by atoms with van der Waals surface area (Å²) >= 11 is 1.61. The molecule has 0 radical (unpaired) electrons. The van der Waals surface area contributed by atoms with Crippen molar-refractivity contribution in [3.05, 3.63) is 23.3 Å². The molecule has 1 aromatic carbocycles. The van der Waals surface area contributed by atoms with Crippen LogP contribution in [0.2, 0.25) is 0 Å². The number of hydrogen-bond acceptors (Lipinski definition) is 5. The summed E-state index contributed by atoms with van der Waals surface area (Å²) in [7, 11) is -3.50. The first-order chi connectivity index (χ1) is 8.81. The number of rotatable bonds is 6. The van der Waals surface area contributed by atoms with E-state index in [4.69, 9.17) is 5.84 Å². The van der Waals surface area contributed by atoms with Crippen LogP contribution in [0, 0.1) is 13.8 Å². The molecule has 1 aromatic rings. The summed E-state index contributed by atoms with van der Waals surface area (Å²) in [6, 6.07) is 3.34. The summed E-state index contributed by atoms with van der Waals surface area (Å²) in [5, 5.41) is 0. The van der Waals surface area contributed by atoms with Crippen molar-refractivity contribution >= 4 is 27.5 Å². The van der Waals surface area contributed by atoms with Crippen molar-refractivity contribution in [2.45, 2.75) is 31.7 Å². The lowest BCUT2D eigenvalue weighted by Gasteiger charge is -2.17. The first kappa shape index (κ1) is 16.3. The lowest BCUT2D eigenvalue weighted by Crippen LogP contribution is -2.35. The van der Waals surface area contributed by atoms with Crippen LogP contribution in [0.1, 0.15) is 18.1 Å². The number of hydrazine groups is 1. The molecule has 0 spiro atoms. The van der Waals surface area contributed by atoms with Crippen LogP contribution in [-0.2, 0) is 10.0 Å². The Morgan fingerprint density at radius 1 is 1.32 bits per heavy atom. The zero-order valence-electron chi connectivity index (χ0n) is 11.6. The molecule has 0 fully saturated rings. The van der Waals surface area contributed by atoms with Crippen molar-refractivity contribution in [1.29, 1.82) is 0 Å². The fraction of sp³-hybridized carbons (Fsp3) is 0.500. The molecule has 0 aliphatic carbocycles. The molecule has 1 unspecified atom stereocenters. The maximum Gasteiger partial charge on any atom is 0.241 e. The smallest absolute Gasteiger partial charge is 0.241 e. The Labute approximate surface area is 119 Å². The Balaban J connectivity index is 3.15. The maximum absolute atomic E-state index is 12.4. The van der Waals surface area contributed by atoms with Crippen molar-refractivity contribution in [2.75, 3.05) is 17.4 Å². The number of aryl methyl sites for hydroxylation is 2. The fourth-order valence-corrected chi connectivity index (χ4v) is 4.45. The topological polar surface area (TPSA) is 84.2 Å². The van der Waals surface area contributed by atoms with E-state index in [1.54, 1.807) is 37.7 Å². The van der Waals surface area contributed by atoms with Crippen LogP contribution >= 0.6 is 11.8 Å². The highest BCUT2D eigenvalue weighted by atomic mass is 32.2. The van der Waals surface area contributed by atoms with Gasteiger partial charge in [0.1, 0.15) is 0 Å². The molecule has 0 aliphatic rings. The number of anilines is 1. The molecular weight excluding hydrogens is 282 g/mol. The van der Waals surface area contributed by atoms with Crippen LogP contribution in [0.3, 0.4) is 0 Å². The number of benzene rings is 1. The van der Waals surface area contributed by atoms with E-state index in [1.807, 2.05) is 13.2 Å². The molecule has 0 saturated heterocycles. The normalized spacial score (nSPS) is 13.3. The molecule has 0 aromatic heterocycles. The quantitative estimate of drug-likeness (QED) is 0.549. The summed E-state index contributed by atoms with van der Waals surface area (Å²) in [5.41, 5.74) is 4.59. The zero-order valence-corrected chi connectivity index (χ0v) is 13.3. The van der Waals surface area contributed by atoms with Gasteiger partial charge in [-0.3, -0.25) is 5.84 Å². The van der Waals surface area contributed by atoms with E-state index in [-0.39, 0.29) is 6.04 Å². The van der Waals surface area contributed by atoms with Gasteiger partial charge in [0, 0.05) is 17.5 Å². The summed E-state index contributed by atoms with van der Waals surface area (Å²) in [5.74, 6) is 6.09. The highest BCUT2D eigenvalue weighted by molar-refractivity contribution is 7.98. The summed E-state index contributed by atoms with van der Waals surface area (Å²) in [6.45, 7) is 5.39. The number of nitrogens with one attached hydrogen (secondary N) is 2. The molecule has 0 heterocycles. The number of hydrogen-bond donors (Lipinski definition) is 3. The number of thioether (sulfide) groups is 1. The Morgan fingerprint density at radius 3 is 2.26 bits per heavy atom. The van der Waals surface area contributed by atoms with Crippen LogP contribution in [0.5, 0.6) is 0 Å². The number of nitrogen functional groups attached to an aromatic ring is 1. The Hall–Kier alpha value is -0.760. The zero-order chi connectivity index (χ0) is 14.6. The fourth-order valence-electron chi connectivity index (χ4n) is 2.07. The van der Waals surface area contributed by atoms with Crippen molar-refractivity contribution in [3.63, 3.8) is 0 Å². The minimum Gasteiger partial charge on any atom is -0.324 e. The molecule has 0 amide bonds. The summed E-state index contributed by atoms with van der Waals surface area (Å²) < 4.78 is 27.5. The third-order valence-corrected chi connectivity index (χ3v) is 5.40. The van der Waals surface area contributed by atoms with Gasteiger partial charge in [-0.25, -0.2) is 13.1 Å². The minimum atomic E-state index is -3.50. The van der Waals surface area contributed by atoms with Crippen LogP contribution in [0.25, 0.3) is 0 Å². The van der Waals surface area contributed by atoms with Gasteiger partial charge in [-0.2, -0.15) is 11.8 Å². The average molecular weight is 303 g/mol. The van der Waals surface area contributed by atoms with Crippen molar-refractivity contribution in [1.82, 2.24) is 4.72 Å². The molecule has 7 heteroatoms. The van der Waals surface area contributed by atoms with E-state index in [2.05, 4.69) is 10.1 Å². The van der Waals surface area contributed by atoms with E-state index in [0.29, 0.717) is 21.7 Å². The molecule has 1 rings (SSSR count). The minimum absolute atomic E-state index is 0.105. The largest absolute Gasteiger partial charge is 0.324 e. The van der Waals surface area contributed by atoms with Crippen LogP contribution < -0.4 is 16.0 Å². The second-order valence-electron chi connectivity index (χ2n) is 4.56. The lowest BCUT2D eigenvalue weighted by atomic mass is 10.1. The van der Waals surface area contributed by atoms with Crippen molar-refractivity contribution in [2.24, 2.45) is 5.84 Å². The lowest BCUT2D eigenvalue weighted by molar-refractivity contribution is 0.570. The molecule has 19 heavy (non-hydrogen) atoms. The maximum atomic E-state index is 12.4. The van der Waals surface area contributed by atoms with E-state index in [9.17, 15) is 8.42 Å². The standard InChI is InChI=1S/C12H21N3O2S2/c1-8-5-11(14-13)6-9(2)12(8)19(16,17)15-10(3)7-18-4/h5-6,10,14-15H,7,13H2,1-4H3. The van der Waals surface area contributed by atoms with Crippen LogP contribution in [0.15, 0.2) is 17.0 Å². The third kappa shape index (κ3) is 4.10. The number of sulfonamides is 1. The second-order valence-corrected chi connectivity index (χ2v) is 7.12. The van der Waals surface area contributed by atoms with Gasteiger partial charge in [0.25, 0.3) is 0 Å². The van der Waals surface area contributed by atoms with Gasteiger partial charge in [-0.15, -0.1) is 0 Å². The van der Waals surface area contributed by atoms with E-state index < -0.39 is 10.0 Å². The van der Waals surface area contributed by atoms with Crippen molar-refractivity contribution < 1.29 is 8.42 Å². The second kappa shape index (κ2) is 6.60. The van der Waals surface area contributed by atoms with Gasteiger partial charge < -0.3 is 5.43 Å². The van der Waals surface area contributed by atoms with Gasteiger partial charge >= 0.3 is 0 Å². The Kier molecular flexibility index (Phi) is 5.66. The van der Waals surface area contributed by atoms with Gasteiger partial charge in [-0.05, 0) is 50.3 Å². The van der Waals surface area contributed by atoms with Crippen molar-refractivity contribution in [3.8, 4) is 0 Å². The van der Waals surface area contributed by atoms with Crippen LogP contribution in [0.4, 0.5) is 5.69 Å². The molecule has 0 aliphatic heterocycles. The van der Waals surface area contributed by atoms with Gasteiger partial charge in [0.15, 0.2) is 0 Å². The molecule has 0 bridgehead atoms. The monoisotopic (exact) mass is 303 g/mol. The molecule has 0 saturated carbocycles. The van der Waals surface area contributed by atoms with E-state index in [1.165, 1.54) is 0 Å². The highest BCUT2D eigenvalue weighted by Crippen LogP contribution is 2.24. The van der Waals surface area contributed by atoms with Gasteiger partial charge in [0.2, 0.25) is 10.0 Å². The third-order valence-electron chi connectivity index (χ3n) is 2.67. The van der Waals surface area contributed by atoms with Crippen LogP contribution in [-0.4, -0.2) is 26.5 Å². The average Bonchev–Trinajstić information content (AvgIpc) is 2.26. The summed E-state index contributed by atoms with van der Waals surface area (Å²) in [4.78, 5) is 0.333. The number of nitrogens with two attached hydrogens (primary N) is 1. The first-order valence-corrected chi connectivity index (χ1v) is 8.78. The molecule has 4 N–H and O–H groups in total. The molecular formula is C12H21N3O2S2. The van der Waals surface area contributed by atoms with Gasteiger partial charge in [-0.1, -0.05) is 0 Å². The highest BCUT2D eigenvalue weighted by Gasteiger charge is 2.22. The molecule has 108 valence electrons. The SMILES string of the molecule is CSCC(C)NS(=O)(=O)c1c(C)cc(NN)cc1C. The Bertz CT molecular complexity index is 521. The Morgan fingerprint density at radius 2 is 1.84 bits per heavy atom. The summed E-state index contributed by atoms with van der Waals surface area (Å²) in [6.07, 6.45) is 1.95. The van der Waals surface area contributed by atoms with E-state index >= 15 is 0 Å². The predicted octanol–water partition coefficient (Wildman–Crippen LogP) is 1.62. The molecule has 5 nitrogen and oxygen atoms in total. The van der Waals surface area contributed by atoms with Gasteiger partial charge in [0.05, 0.1) is 4.90 Å². The molecule has 1 atom stereocenters. The first-order valence-electron chi connectivity index (χ1n) is 5.91.